The normalized spacial score (nSPS) is 14.6. The molecule has 0 saturated carbocycles. The molecule has 0 aromatic carbocycles. The molecule has 0 aliphatic heterocycles. The van der Waals surface area contributed by atoms with E-state index < -0.39 is 32.5 Å². The van der Waals surface area contributed by atoms with Crippen LogP contribution in [-0.2, 0) is 32.7 Å². The summed E-state index contributed by atoms with van der Waals surface area (Å²) in [5, 5.41) is 9.83. The highest BCUT2D eigenvalue weighted by atomic mass is 31.2. The number of hydrogen-bond acceptors (Lipinski definition) is 8. The first-order valence-electron chi connectivity index (χ1n) is 23.1. The van der Waals surface area contributed by atoms with Crippen LogP contribution in [0.25, 0.3) is 0 Å². The van der Waals surface area contributed by atoms with Crippen LogP contribution in [0.5, 0.6) is 0 Å². The van der Waals surface area contributed by atoms with Crippen molar-refractivity contribution in [2.75, 3.05) is 47.5 Å². The molecule has 0 saturated heterocycles. The Kier molecular flexibility index (Phi) is 38.2. The molecule has 10 nitrogen and oxygen atoms in total. The second-order valence-electron chi connectivity index (χ2n) is 16.6. The number of allylic oxidation sites excluding steroid dienone is 9. The minimum Gasteiger partial charge on any atom is -0.462 e. The largest absolute Gasteiger partial charge is 0.472 e. The van der Waals surface area contributed by atoms with E-state index in [-0.39, 0.29) is 32.2 Å². The van der Waals surface area contributed by atoms with Crippen LogP contribution in [0.15, 0.2) is 60.8 Å². The Bertz CT molecular complexity index is 1210. The molecule has 2 N–H and O–H groups in total. The van der Waals surface area contributed by atoms with Crippen molar-refractivity contribution < 1.29 is 47.2 Å². The first-order chi connectivity index (χ1) is 28.4. The summed E-state index contributed by atoms with van der Waals surface area (Å²) in [5.41, 5.74) is 0. The fraction of sp³-hybridized carbons (Fsp3) is 0.750. The Hall–Kier alpha value is -2.33. The van der Waals surface area contributed by atoms with Crippen molar-refractivity contribution in [3.63, 3.8) is 0 Å². The zero-order valence-electron chi connectivity index (χ0n) is 38.1. The summed E-state index contributed by atoms with van der Waals surface area (Å²) >= 11 is 0. The van der Waals surface area contributed by atoms with Gasteiger partial charge in [0.25, 0.3) is 0 Å². The predicted octanol–water partition coefficient (Wildman–Crippen LogP) is 12.2. The first kappa shape index (κ1) is 56.7. The third-order valence-corrected chi connectivity index (χ3v) is 10.6. The van der Waals surface area contributed by atoms with Crippen LogP contribution < -0.4 is 0 Å². The van der Waals surface area contributed by atoms with Crippen molar-refractivity contribution in [2.24, 2.45) is 0 Å². The van der Waals surface area contributed by atoms with Crippen LogP contribution in [0.4, 0.5) is 0 Å². The number of esters is 2. The molecule has 0 spiro atoms. The van der Waals surface area contributed by atoms with Crippen LogP contribution in [-0.4, -0.2) is 86.1 Å². The van der Waals surface area contributed by atoms with Crippen LogP contribution in [0, 0.1) is 0 Å². The highest BCUT2D eigenvalue weighted by molar-refractivity contribution is 7.47. The van der Waals surface area contributed by atoms with Gasteiger partial charge in [0.05, 0.1) is 33.9 Å². The molecule has 11 heteroatoms. The molecule has 1 unspecified atom stereocenters. The number of quaternary nitrogens is 1. The minimum absolute atomic E-state index is 0.0113. The predicted molar refractivity (Wildman–Crippen MR) is 244 cm³/mol. The third-order valence-electron chi connectivity index (χ3n) is 9.59. The van der Waals surface area contributed by atoms with Gasteiger partial charge in [0, 0.05) is 12.8 Å². The number of hydrogen-bond donors (Lipinski definition) is 2. The van der Waals surface area contributed by atoms with Crippen molar-refractivity contribution in [3.05, 3.63) is 60.8 Å². The molecule has 0 aromatic heterocycles. The standard InChI is InChI=1S/C48H86NO9P/c1-6-8-10-11-12-13-14-15-16-17-18-19-23-26-29-32-35-39-47(51)55-43-46(44-57-59(53,54)56-42-41-49(3,4)5)58-48(52)40-36-33-30-27-24-21-20-22-25-28-31-34-38-45(50)37-9-7-2/h15-16,20-21,25,27-28,30,34,38,45-46,50H,6-14,17-19,22-24,26,29,31-33,35-37,39-44H2,1-5H3/p+1/b16-15-,21-20-,28-25-,30-27-,38-34-/t45-,46-/m1/s1. The Morgan fingerprint density at radius 3 is 1.68 bits per heavy atom. The average Bonchev–Trinajstić information content (AvgIpc) is 3.18. The van der Waals surface area contributed by atoms with E-state index in [9.17, 15) is 24.2 Å². The van der Waals surface area contributed by atoms with Crippen LogP contribution in [0.3, 0.4) is 0 Å². The lowest BCUT2D eigenvalue weighted by Crippen LogP contribution is -2.37. The van der Waals surface area contributed by atoms with Gasteiger partial charge in [0.2, 0.25) is 0 Å². The number of aliphatic hydroxyl groups excluding tert-OH is 1. The zero-order chi connectivity index (χ0) is 43.7. The minimum atomic E-state index is -4.40. The van der Waals surface area contributed by atoms with Crippen LogP contribution in [0.2, 0.25) is 0 Å². The van der Waals surface area contributed by atoms with Gasteiger partial charge >= 0.3 is 19.8 Å². The number of nitrogens with zero attached hydrogens (tertiary/aromatic N) is 1. The molecule has 3 atom stereocenters. The lowest BCUT2D eigenvalue weighted by Gasteiger charge is -2.24. The zero-order valence-corrected chi connectivity index (χ0v) is 39.0. The van der Waals surface area contributed by atoms with E-state index in [1.165, 1.54) is 64.2 Å². The third kappa shape index (κ3) is 43.6. The van der Waals surface area contributed by atoms with E-state index in [1.807, 2.05) is 39.4 Å². The fourth-order valence-corrected chi connectivity index (χ4v) is 6.64. The van der Waals surface area contributed by atoms with Crippen molar-refractivity contribution in [2.45, 2.75) is 187 Å². The number of unbranched alkanes of at least 4 members (excludes halogenated alkanes) is 15. The maximum Gasteiger partial charge on any atom is 0.472 e. The number of phosphoric ester groups is 1. The van der Waals surface area contributed by atoms with Gasteiger partial charge in [0.15, 0.2) is 6.10 Å². The maximum atomic E-state index is 12.7. The van der Waals surface area contributed by atoms with Crippen LogP contribution >= 0.6 is 7.82 Å². The van der Waals surface area contributed by atoms with Gasteiger partial charge in [-0.3, -0.25) is 18.6 Å². The molecule has 0 aliphatic rings. The van der Waals surface area contributed by atoms with Crippen molar-refractivity contribution >= 4 is 19.8 Å². The molecular weight excluding hydrogens is 765 g/mol. The average molecular weight is 853 g/mol. The maximum absolute atomic E-state index is 12.7. The monoisotopic (exact) mass is 853 g/mol. The SMILES string of the molecule is CCCCCCCC/C=C\CCCCCCCCCC(=O)OC[C@H](COP(=O)(O)OCC[N+](C)(C)C)OC(=O)CCC/C=C\C/C=C\C/C=C\C/C=C\[C@H](O)CCCC. The number of carbonyl (C=O) groups excluding carboxylic acids is 2. The summed E-state index contributed by atoms with van der Waals surface area (Å²) in [4.78, 5) is 35.4. The quantitative estimate of drug-likeness (QED) is 0.0203. The lowest BCUT2D eigenvalue weighted by molar-refractivity contribution is -0.870. The van der Waals surface area contributed by atoms with Crippen LogP contribution in [0.1, 0.15) is 174 Å². The molecule has 0 radical (unpaired) electrons. The van der Waals surface area contributed by atoms with Gasteiger partial charge < -0.3 is 24.0 Å². The van der Waals surface area contributed by atoms with E-state index in [0.717, 1.165) is 70.6 Å². The number of phosphoric acid groups is 1. The fourth-order valence-electron chi connectivity index (χ4n) is 5.90. The van der Waals surface area contributed by atoms with E-state index in [0.29, 0.717) is 23.9 Å². The Morgan fingerprint density at radius 2 is 1.08 bits per heavy atom. The van der Waals surface area contributed by atoms with Gasteiger partial charge in [-0.05, 0) is 70.6 Å². The molecular formula is C48H87NO9P+. The molecule has 0 aliphatic carbocycles. The molecule has 0 fully saturated rings. The van der Waals surface area contributed by atoms with Crippen molar-refractivity contribution in [3.8, 4) is 0 Å². The summed E-state index contributed by atoms with van der Waals surface area (Å²) < 4.78 is 34.2. The number of carbonyl (C=O) groups is 2. The number of aliphatic hydroxyl groups is 1. The molecule has 0 aromatic rings. The van der Waals surface area contributed by atoms with Gasteiger partial charge in [-0.2, -0.15) is 0 Å². The second kappa shape index (κ2) is 39.8. The summed E-state index contributed by atoms with van der Waals surface area (Å²) in [6.07, 6.45) is 44.7. The van der Waals surface area contributed by atoms with Gasteiger partial charge in [-0.15, -0.1) is 0 Å². The molecule has 59 heavy (non-hydrogen) atoms. The van der Waals surface area contributed by atoms with Gasteiger partial charge in [0.1, 0.15) is 19.8 Å². The molecule has 0 bridgehead atoms. The number of likely N-dealkylation sites (N-methyl/N-ethyl adjacent to an activating group) is 1. The summed E-state index contributed by atoms with van der Waals surface area (Å²) in [5.74, 6) is -0.894. The Balaban J connectivity index is 4.46. The van der Waals surface area contributed by atoms with Gasteiger partial charge in [-0.25, -0.2) is 4.57 Å². The smallest absolute Gasteiger partial charge is 0.462 e. The Labute approximate surface area is 360 Å². The van der Waals surface area contributed by atoms with E-state index >= 15 is 0 Å². The molecule has 0 rings (SSSR count). The van der Waals surface area contributed by atoms with E-state index in [2.05, 4.69) is 56.4 Å². The number of ether oxygens (including phenoxy) is 2. The topological polar surface area (TPSA) is 129 Å². The van der Waals surface area contributed by atoms with E-state index in [4.69, 9.17) is 18.5 Å². The van der Waals surface area contributed by atoms with Gasteiger partial charge in [-0.1, -0.05) is 152 Å². The van der Waals surface area contributed by atoms with E-state index in [1.54, 1.807) is 0 Å². The first-order valence-corrected chi connectivity index (χ1v) is 24.6. The highest BCUT2D eigenvalue weighted by Crippen LogP contribution is 2.43. The Morgan fingerprint density at radius 1 is 0.593 bits per heavy atom. The van der Waals surface area contributed by atoms with Crippen molar-refractivity contribution in [1.82, 2.24) is 0 Å². The molecule has 0 heterocycles. The summed E-state index contributed by atoms with van der Waals surface area (Å²) in [6.45, 7) is 4.17. The van der Waals surface area contributed by atoms with Crippen molar-refractivity contribution in [1.29, 1.82) is 0 Å². The highest BCUT2D eigenvalue weighted by Gasteiger charge is 2.27. The summed E-state index contributed by atoms with van der Waals surface area (Å²) in [6, 6.07) is 0. The second-order valence-corrected chi connectivity index (χ2v) is 18.1. The number of rotatable bonds is 41. The molecule has 342 valence electrons. The lowest BCUT2D eigenvalue weighted by atomic mass is 10.1. The summed E-state index contributed by atoms with van der Waals surface area (Å²) in [7, 11) is 1.41. The molecule has 0 amide bonds.